The number of carbonyl (C=O) groups excluding carboxylic acids is 1. The van der Waals surface area contributed by atoms with Crippen molar-refractivity contribution in [3.05, 3.63) is 46.2 Å². The molecular weight excluding hydrogens is 312 g/mol. The molecule has 2 aromatic rings. The number of hydrogen-bond donors (Lipinski definition) is 1. The van der Waals surface area contributed by atoms with Gasteiger partial charge in [0.05, 0.1) is 11.3 Å². The fraction of sp³-hybridized carbons (Fsp3) is 0.412. The minimum absolute atomic E-state index is 0.183. The maximum Gasteiger partial charge on any atom is 0.256 e. The van der Waals surface area contributed by atoms with E-state index in [1.807, 2.05) is 12.1 Å². The molecule has 122 valence electrons. The van der Waals surface area contributed by atoms with E-state index in [1.54, 1.807) is 14.0 Å². The van der Waals surface area contributed by atoms with Gasteiger partial charge in [-0.1, -0.05) is 29.8 Å². The molecule has 0 unspecified atom stereocenters. The van der Waals surface area contributed by atoms with Crippen molar-refractivity contribution in [2.45, 2.75) is 26.3 Å². The van der Waals surface area contributed by atoms with E-state index in [2.05, 4.69) is 27.4 Å². The predicted octanol–water partition coefficient (Wildman–Crippen LogP) is 2.91. The molecule has 1 N–H and O–H groups in total. The highest BCUT2D eigenvalue weighted by Gasteiger charge is 2.20. The fourth-order valence-corrected chi connectivity index (χ4v) is 3.34. The lowest BCUT2D eigenvalue weighted by Crippen LogP contribution is -2.26. The molecule has 5 nitrogen and oxygen atoms in total. The Morgan fingerprint density at radius 2 is 2.00 bits per heavy atom. The zero-order valence-electron chi connectivity index (χ0n) is 13.5. The zero-order valence-corrected chi connectivity index (χ0v) is 14.2. The van der Waals surface area contributed by atoms with Gasteiger partial charge in [-0.15, -0.1) is 0 Å². The van der Waals surface area contributed by atoms with Crippen LogP contribution in [-0.4, -0.2) is 28.8 Å². The smallest absolute Gasteiger partial charge is 0.256 e. The average Bonchev–Trinajstić information content (AvgIpc) is 3.15. The second-order valence-corrected chi connectivity index (χ2v) is 6.24. The van der Waals surface area contributed by atoms with E-state index in [0.717, 1.165) is 18.7 Å². The summed E-state index contributed by atoms with van der Waals surface area (Å²) in [6.45, 7) is 4.44. The molecule has 3 rings (SSSR count). The lowest BCUT2D eigenvalue weighted by molar-refractivity contribution is 0.0950. The Bertz CT molecular complexity index is 719. The Balaban J connectivity index is 1.74. The summed E-state index contributed by atoms with van der Waals surface area (Å²) in [4.78, 5) is 14.8. The monoisotopic (exact) mass is 332 g/mol. The van der Waals surface area contributed by atoms with Crippen LogP contribution in [0.15, 0.2) is 24.3 Å². The van der Waals surface area contributed by atoms with Gasteiger partial charge in [0.2, 0.25) is 0 Å². The van der Waals surface area contributed by atoms with Crippen LogP contribution in [0.4, 0.5) is 5.69 Å². The molecule has 1 aliphatic rings. The second-order valence-electron chi connectivity index (χ2n) is 5.88. The highest BCUT2D eigenvalue weighted by atomic mass is 35.5. The van der Waals surface area contributed by atoms with Crippen LogP contribution in [0.5, 0.6) is 0 Å². The summed E-state index contributed by atoms with van der Waals surface area (Å²) in [5, 5.41) is 7.52. The van der Waals surface area contributed by atoms with Crippen LogP contribution < -0.4 is 10.2 Å². The predicted molar refractivity (Wildman–Crippen MR) is 92.0 cm³/mol. The Morgan fingerprint density at radius 3 is 2.65 bits per heavy atom. The molecule has 1 aliphatic heterocycles. The van der Waals surface area contributed by atoms with Gasteiger partial charge in [-0.25, -0.2) is 0 Å². The second kappa shape index (κ2) is 6.62. The van der Waals surface area contributed by atoms with Crippen molar-refractivity contribution in [3.8, 4) is 0 Å². The van der Waals surface area contributed by atoms with E-state index in [4.69, 9.17) is 11.6 Å². The maximum atomic E-state index is 12.4. The minimum atomic E-state index is -0.183. The number of rotatable bonds is 4. The number of benzene rings is 1. The standard InChI is InChI=1S/C17H21ClN4O/c1-12-15(16(18)21(2)20-12)17(23)19-11-13-7-3-4-8-14(13)22-9-5-6-10-22/h3-4,7-8H,5-6,9-11H2,1-2H3,(H,19,23). The number of amides is 1. The number of anilines is 1. The average molecular weight is 333 g/mol. The lowest BCUT2D eigenvalue weighted by atomic mass is 10.1. The van der Waals surface area contributed by atoms with E-state index >= 15 is 0 Å². The van der Waals surface area contributed by atoms with Crippen LogP contribution >= 0.6 is 11.6 Å². The molecule has 23 heavy (non-hydrogen) atoms. The molecule has 1 fully saturated rings. The van der Waals surface area contributed by atoms with Gasteiger partial charge in [0.15, 0.2) is 0 Å². The van der Waals surface area contributed by atoms with Gasteiger partial charge in [-0.2, -0.15) is 5.10 Å². The number of halogens is 1. The third kappa shape index (κ3) is 3.20. The van der Waals surface area contributed by atoms with Crippen LogP contribution in [-0.2, 0) is 13.6 Å². The fourth-order valence-electron chi connectivity index (χ4n) is 3.08. The van der Waals surface area contributed by atoms with Gasteiger partial charge >= 0.3 is 0 Å². The molecule has 0 radical (unpaired) electrons. The van der Waals surface area contributed by atoms with Crippen LogP contribution in [0.3, 0.4) is 0 Å². The molecular formula is C17H21ClN4O. The van der Waals surface area contributed by atoms with Gasteiger partial charge in [-0.05, 0) is 31.4 Å². The first-order chi connectivity index (χ1) is 11.1. The lowest BCUT2D eigenvalue weighted by Gasteiger charge is -2.21. The molecule has 1 amide bonds. The zero-order chi connectivity index (χ0) is 16.4. The minimum Gasteiger partial charge on any atom is -0.371 e. The van der Waals surface area contributed by atoms with E-state index < -0.39 is 0 Å². The Labute approximate surface area is 141 Å². The molecule has 6 heteroatoms. The van der Waals surface area contributed by atoms with Crippen LogP contribution in [0.2, 0.25) is 5.15 Å². The van der Waals surface area contributed by atoms with Gasteiger partial charge in [0, 0.05) is 32.4 Å². The van der Waals surface area contributed by atoms with Crippen molar-refractivity contribution in [2.75, 3.05) is 18.0 Å². The third-order valence-electron chi connectivity index (χ3n) is 4.26. The summed E-state index contributed by atoms with van der Waals surface area (Å²) in [7, 11) is 1.73. The topological polar surface area (TPSA) is 50.2 Å². The number of aryl methyl sites for hydroxylation is 2. The number of carbonyl (C=O) groups is 1. The molecule has 2 heterocycles. The summed E-state index contributed by atoms with van der Waals surface area (Å²) in [5.74, 6) is -0.183. The molecule has 0 saturated carbocycles. The number of nitrogens with zero attached hydrogens (tertiary/aromatic N) is 3. The van der Waals surface area contributed by atoms with Crippen molar-refractivity contribution < 1.29 is 4.79 Å². The Morgan fingerprint density at radius 1 is 1.30 bits per heavy atom. The third-order valence-corrected chi connectivity index (χ3v) is 4.69. The Kier molecular flexibility index (Phi) is 4.57. The van der Waals surface area contributed by atoms with E-state index in [-0.39, 0.29) is 5.91 Å². The van der Waals surface area contributed by atoms with Crippen molar-refractivity contribution >= 4 is 23.2 Å². The van der Waals surface area contributed by atoms with Gasteiger partial charge in [0.1, 0.15) is 5.15 Å². The van der Waals surface area contributed by atoms with Crippen LogP contribution in [0, 0.1) is 6.92 Å². The van der Waals surface area contributed by atoms with E-state index in [1.165, 1.54) is 23.2 Å². The van der Waals surface area contributed by atoms with Crippen molar-refractivity contribution in [3.63, 3.8) is 0 Å². The number of hydrogen-bond acceptors (Lipinski definition) is 3. The number of aromatic nitrogens is 2. The van der Waals surface area contributed by atoms with E-state index in [0.29, 0.717) is 23.0 Å². The van der Waals surface area contributed by atoms with Crippen molar-refractivity contribution in [1.29, 1.82) is 0 Å². The molecule has 0 bridgehead atoms. The summed E-state index contributed by atoms with van der Waals surface area (Å²) in [6, 6.07) is 8.23. The molecule has 1 aromatic carbocycles. The van der Waals surface area contributed by atoms with Gasteiger partial charge in [-0.3, -0.25) is 9.48 Å². The highest BCUT2D eigenvalue weighted by molar-refractivity contribution is 6.33. The SMILES string of the molecule is Cc1nn(C)c(Cl)c1C(=O)NCc1ccccc1N1CCCC1. The highest BCUT2D eigenvalue weighted by Crippen LogP contribution is 2.25. The first kappa shape index (κ1) is 15.9. The largest absolute Gasteiger partial charge is 0.371 e. The Hall–Kier alpha value is -2.01. The molecule has 1 aromatic heterocycles. The van der Waals surface area contributed by atoms with E-state index in [9.17, 15) is 4.79 Å². The first-order valence-electron chi connectivity index (χ1n) is 7.88. The summed E-state index contributed by atoms with van der Waals surface area (Å²) in [6.07, 6.45) is 2.45. The quantitative estimate of drug-likeness (QED) is 0.936. The number of para-hydroxylation sites is 1. The van der Waals surface area contributed by atoms with Crippen LogP contribution in [0.1, 0.15) is 34.5 Å². The normalized spacial score (nSPS) is 14.3. The molecule has 0 atom stereocenters. The van der Waals surface area contributed by atoms with Crippen molar-refractivity contribution in [2.24, 2.45) is 7.05 Å². The molecule has 0 spiro atoms. The summed E-state index contributed by atoms with van der Waals surface area (Å²) >= 11 is 6.16. The first-order valence-corrected chi connectivity index (χ1v) is 8.26. The molecule has 0 aliphatic carbocycles. The van der Waals surface area contributed by atoms with Crippen LogP contribution in [0.25, 0.3) is 0 Å². The molecule has 1 saturated heterocycles. The summed E-state index contributed by atoms with van der Waals surface area (Å²) in [5.41, 5.74) is 3.43. The maximum absolute atomic E-state index is 12.4. The number of nitrogens with one attached hydrogen (secondary N) is 1. The summed E-state index contributed by atoms with van der Waals surface area (Å²) < 4.78 is 1.52. The van der Waals surface area contributed by atoms with Gasteiger partial charge in [0.25, 0.3) is 5.91 Å². The van der Waals surface area contributed by atoms with Crippen molar-refractivity contribution in [1.82, 2.24) is 15.1 Å². The van der Waals surface area contributed by atoms with Gasteiger partial charge < -0.3 is 10.2 Å².